The van der Waals surface area contributed by atoms with Crippen molar-refractivity contribution in [1.82, 2.24) is 4.90 Å². The van der Waals surface area contributed by atoms with E-state index in [1.165, 1.54) is 0 Å². The lowest BCUT2D eigenvalue weighted by Crippen LogP contribution is -2.43. The van der Waals surface area contributed by atoms with E-state index in [9.17, 15) is 4.79 Å². The molecule has 0 aliphatic heterocycles. The van der Waals surface area contributed by atoms with E-state index >= 15 is 0 Å². The number of rotatable bonds is 5. The fraction of sp³-hybridized carbons (Fsp3) is 0.533. The Morgan fingerprint density at radius 3 is 2.80 bits per heavy atom. The SMILES string of the molecule is CC(Oc1cccc(Cl)c1)C(=O)N(C)CC1CC(Cl)C1. The van der Waals surface area contributed by atoms with E-state index in [2.05, 4.69) is 0 Å². The van der Waals surface area contributed by atoms with E-state index in [4.69, 9.17) is 27.9 Å². The number of amides is 1. The molecule has 0 aromatic heterocycles. The van der Waals surface area contributed by atoms with E-state index in [-0.39, 0.29) is 11.3 Å². The summed E-state index contributed by atoms with van der Waals surface area (Å²) in [6, 6.07) is 7.06. The number of halogens is 2. The molecule has 1 atom stereocenters. The van der Waals surface area contributed by atoms with Crippen molar-refractivity contribution in [2.75, 3.05) is 13.6 Å². The lowest BCUT2D eigenvalue weighted by atomic mass is 9.84. The third-order valence-electron chi connectivity index (χ3n) is 3.54. The van der Waals surface area contributed by atoms with Gasteiger partial charge in [0, 0.05) is 24.0 Å². The van der Waals surface area contributed by atoms with Crippen molar-refractivity contribution < 1.29 is 9.53 Å². The highest BCUT2D eigenvalue weighted by Gasteiger charge is 2.30. The van der Waals surface area contributed by atoms with Gasteiger partial charge >= 0.3 is 0 Å². The first-order chi connectivity index (χ1) is 9.45. The molecule has 5 heteroatoms. The molecule has 1 unspecified atom stereocenters. The van der Waals surface area contributed by atoms with Crippen LogP contribution in [-0.4, -0.2) is 35.9 Å². The second-order valence-corrected chi connectivity index (χ2v) is 6.42. The molecule has 3 nitrogen and oxygen atoms in total. The zero-order chi connectivity index (χ0) is 14.7. The van der Waals surface area contributed by atoms with Gasteiger partial charge in [-0.1, -0.05) is 17.7 Å². The summed E-state index contributed by atoms with van der Waals surface area (Å²) in [4.78, 5) is 13.9. The van der Waals surface area contributed by atoms with Crippen LogP contribution in [0.3, 0.4) is 0 Å². The van der Waals surface area contributed by atoms with E-state index in [0.29, 0.717) is 16.7 Å². The first-order valence-corrected chi connectivity index (χ1v) is 7.58. The minimum atomic E-state index is -0.523. The molecular weight excluding hydrogens is 297 g/mol. The Hall–Kier alpha value is -0.930. The van der Waals surface area contributed by atoms with Crippen molar-refractivity contribution in [3.8, 4) is 5.75 Å². The van der Waals surface area contributed by atoms with Gasteiger partial charge in [0.05, 0.1) is 0 Å². The predicted octanol–water partition coefficient (Wildman–Crippen LogP) is 3.58. The van der Waals surface area contributed by atoms with Gasteiger partial charge in [0.1, 0.15) is 5.75 Å². The number of benzene rings is 1. The Labute approximate surface area is 129 Å². The highest BCUT2D eigenvalue weighted by atomic mass is 35.5. The van der Waals surface area contributed by atoms with Crippen molar-refractivity contribution in [2.45, 2.75) is 31.2 Å². The number of alkyl halides is 1. The van der Waals surface area contributed by atoms with Crippen LogP contribution in [0.5, 0.6) is 5.75 Å². The van der Waals surface area contributed by atoms with Gasteiger partial charge < -0.3 is 9.64 Å². The molecule has 20 heavy (non-hydrogen) atoms. The van der Waals surface area contributed by atoms with Gasteiger partial charge in [0.15, 0.2) is 6.10 Å². The molecule has 0 bridgehead atoms. The molecule has 0 radical (unpaired) electrons. The van der Waals surface area contributed by atoms with Gasteiger partial charge in [0.25, 0.3) is 5.91 Å². The van der Waals surface area contributed by atoms with Gasteiger partial charge in [-0.25, -0.2) is 0 Å². The van der Waals surface area contributed by atoms with Crippen molar-refractivity contribution in [1.29, 1.82) is 0 Å². The van der Waals surface area contributed by atoms with Crippen molar-refractivity contribution in [2.24, 2.45) is 5.92 Å². The summed E-state index contributed by atoms with van der Waals surface area (Å²) in [5.74, 6) is 1.10. The number of hydrogen-bond donors (Lipinski definition) is 0. The van der Waals surface area contributed by atoms with Gasteiger partial charge in [-0.2, -0.15) is 0 Å². The van der Waals surface area contributed by atoms with E-state index in [1.54, 1.807) is 36.1 Å². The summed E-state index contributed by atoms with van der Waals surface area (Å²) < 4.78 is 5.63. The van der Waals surface area contributed by atoms with E-state index < -0.39 is 6.10 Å². The van der Waals surface area contributed by atoms with Crippen molar-refractivity contribution in [3.63, 3.8) is 0 Å². The molecule has 0 N–H and O–H groups in total. The molecule has 1 saturated carbocycles. The van der Waals surface area contributed by atoms with Crippen molar-refractivity contribution >= 4 is 29.1 Å². The minimum absolute atomic E-state index is 0.0250. The second kappa shape index (κ2) is 6.68. The highest BCUT2D eigenvalue weighted by Crippen LogP contribution is 2.32. The van der Waals surface area contributed by atoms with Crippen LogP contribution in [-0.2, 0) is 4.79 Å². The molecule has 1 aromatic rings. The van der Waals surface area contributed by atoms with Crippen LogP contribution in [0.1, 0.15) is 19.8 Å². The molecule has 1 fully saturated rings. The maximum absolute atomic E-state index is 12.2. The Bertz CT molecular complexity index is 475. The van der Waals surface area contributed by atoms with Crippen LogP contribution >= 0.6 is 23.2 Å². The van der Waals surface area contributed by atoms with Crippen LogP contribution in [0.4, 0.5) is 0 Å². The number of ether oxygens (including phenoxy) is 1. The minimum Gasteiger partial charge on any atom is -0.481 e. The highest BCUT2D eigenvalue weighted by molar-refractivity contribution is 6.30. The molecule has 1 aromatic carbocycles. The maximum atomic E-state index is 12.2. The Morgan fingerprint density at radius 1 is 1.50 bits per heavy atom. The average molecular weight is 316 g/mol. The molecule has 110 valence electrons. The van der Waals surface area contributed by atoms with Gasteiger partial charge in [-0.15, -0.1) is 11.6 Å². The molecule has 0 saturated heterocycles. The predicted molar refractivity (Wildman–Crippen MR) is 81.5 cm³/mol. The zero-order valence-corrected chi connectivity index (χ0v) is 13.2. The number of nitrogens with zero attached hydrogens (tertiary/aromatic N) is 1. The van der Waals surface area contributed by atoms with E-state index in [1.807, 2.05) is 7.05 Å². The molecule has 2 rings (SSSR count). The van der Waals surface area contributed by atoms with Crippen LogP contribution in [0, 0.1) is 5.92 Å². The van der Waals surface area contributed by atoms with Gasteiger partial charge in [-0.05, 0) is 43.9 Å². The topological polar surface area (TPSA) is 29.5 Å². The number of likely N-dealkylation sites (N-methyl/N-ethyl adjacent to an activating group) is 1. The normalized spacial score (nSPS) is 22.8. The maximum Gasteiger partial charge on any atom is 0.263 e. The lowest BCUT2D eigenvalue weighted by Gasteiger charge is -2.34. The molecular formula is C15H19Cl2NO2. The summed E-state index contributed by atoms with van der Waals surface area (Å²) in [7, 11) is 1.81. The van der Waals surface area contributed by atoms with Crippen molar-refractivity contribution in [3.05, 3.63) is 29.3 Å². The van der Waals surface area contributed by atoms with Crippen LogP contribution in [0.25, 0.3) is 0 Å². The summed E-state index contributed by atoms with van der Waals surface area (Å²) in [5.41, 5.74) is 0. The summed E-state index contributed by atoms with van der Waals surface area (Å²) in [5, 5.41) is 0.877. The summed E-state index contributed by atoms with van der Waals surface area (Å²) in [6.07, 6.45) is 1.45. The molecule has 1 aliphatic rings. The summed E-state index contributed by atoms with van der Waals surface area (Å²) in [6.45, 7) is 2.50. The Kier molecular flexibility index (Phi) is 5.17. The smallest absolute Gasteiger partial charge is 0.263 e. The first-order valence-electron chi connectivity index (χ1n) is 6.77. The number of carbonyl (C=O) groups excluding carboxylic acids is 1. The summed E-state index contributed by atoms with van der Waals surface area (Å²) >= 11 is 11.8. The van der Waals surface area contributed by atoms with Crippen LogP contribution in [0.15, 0.2) is 24.3 Å². The first kappa shape index (κ1) is 15.5. The Morgan fingerprint density at radius 2 is 2.20 bits per heavy atom. The van der Waals surface area contributed by atoms with Crippen LogP contribution < -0.4 is 4.74 Å². The zero-order valence-electron chi connectivity index (χ0n) is 11.7. The number of hydrogen-bond acceptors (Lipinski definition) is 2. The molecule has 0 spiro atoms. The van der Waals surface area contributed by atoms with Crippen LogP contribution in [0.2, 0.25) is 5.02 Å². The Balaban J connectivity index is 1.84. The molecule has 1 aliphatic carbocycles. The third kappa shape index (κ3) is 4.03. The van der Waals surface area contributed by atoms with E-state index in [0.717, 1.165) is 19.4 Å². The molecule has 0 heterocycles. The standard InChI is InChI=1S/C15H19Cl2NO2/c1-10(20-14-5-3-4-12(16)8-14)15(19)18(2)9-11-6-13(17)7-11/h3-5,8,10-11,13H,6-7,9H2,1-2H3. The molecule has 1 amide bonds. The quantitative estimate of drug-likeness (QED) is 0.777. The average Bonchev–Trinajstić information content (AvgIpc) is 2.35. The number of carbonyl (C=O) groups is 1. The largest absolute Gasteiger partial charge is 0.481 e. The second-order valence-electron chi connectivity index (χ2n) is 5.37. The lowest BCUT2D eigenvalue weighted by molar-refractivity contribution is -0.137. The monoisotopic (exact) mass is 315 g/mol. The van der Waals surface area contributed by atoms with Gasteiger partial charge in [0.2, 0.25) is 0 Å². The fourth-order valence-corrected chi connectivity index (χ4v) is 3.07. The van der Waals surface area contributed by atoms with Gasteiger partial charge in [-0.3, -0.25) is 4.79 Å². The third-order valence-corrected chi connectivity index (χ3v) is 4.13. The fourth-order valence-electron chi connectivity index (χ4n) is 2.39.